The fraction of sp³-hybridized carbons (Fsp3) is 0.556. The monoisotopic (exact) mass is 331 g/mol. The maximum atomic E-state index is 11.0. The van der Waals surface area contributed by atoms with Crippen LogP contribution in [-0.2, 0) is 4.79 Å². The first-order valence-corrected chi connectivity index (χ1v) is 8.56. The summed E-state index contributed by atoms with van der Waals surface area (Å²) in [6.07, 6.45) is 1.86. The molecule has 1 aliphatic heterocycles. The molecule has 2 aromatic rings. The number of piperidine rings is 1. The summed E-state index contributed by atoms with van der Waals surface area (Å²) in [5.41, 5.74) is 4.06. The van der Waals surface area contributed by atoms with E-state index in [1.807, 2.05) is 24.8 Å². The van der Waals surface area contributed by atoms with Gasteiger partial charge in [0.25, 0.3) is 6.01 Å². The Morgan fingerprint density at radius 3 is 2.71 bits per heavy atom. The largest absolute Gasteiger partial charge is 0.480 e. The smallest absolute Gasteiger partial charge is 0.317 e. The molecule has 0 amide bonds. The molecule has 6 nitrogen and oxygen atoms in total. The number of carboxylic acids is 1. The lowest BCUT2D eigenvalue weighted by atomic mass is 10.0. The molecule has 0 saturated carbocycles. The number of nitrogens with zero attached hydrogens (tertiary/aromatic N) is 3. The molecule has 0 unspecified atom stereocenters. The third-order valence-electron chi connectivity index (χ3n) is 4.80. The van der Waals surface area contributed by atoms with Crippen molar-refractivity contribution in [2.75, 3.05) is 31.1 Å². The van der Waals surface area contributed by atoms with E-state index >= 15 is 0 Å². The van der Waals surface area contributed by atoms with E-state index in [4.69, 9.17) is 9.52 Å². The van der Waals surface area contributed by atoms with Crippen LogP contribution in [0.4, 0.5) is 6.01 Å². The van der Waals surface area contributed by atoms with Gasteiger partial charge >= 0.3 is 5.97 Å². The number of oxazole rings is 1. The minimum absolute atomic E-state index is 0.114. The Kier molecular flexibility index (Phi) is 4.76. The molecule has 1 saturated heterocycles. The fourth-order valence-corrected chi connectivity index (χ4v) is 3.60. The first kappa shape index (κ1) is 16.8. The van der Waals surface area contributed by atoms with Gasteiger partial charge in [-0.1, -0.05) is 13.0 Å². The van der Waals surface area contributed by atoms with Crippen molar-refractivity contribution < 1.29 is 14.3 Å². The molecule has 1 aliphatic rings. The minimum atomic E-state index is -0.760. The average Bonchev–Trinajstić information content (AvgIpc) is 2.97. The zero-order valence-electron chi connectivity index (χ0n) is 14.6. The van der Waals surface area contributed by atoms with Crippen LogP contribution in [0.3, 0.4) is 0 Å². The van der Waals surface area contributed by atoms with Crippen LogP contribution in [0.1, 0.15) is 30.9 Å². The average molecular weight is 331 g/mol. The maximum Gasteiger partial charge on any atom is 0.317 e. The number of aryl methyl sites for hydroxylation is 2. The number of aliphatic carboxylic acids is 1. The Labute approximate surface area is 142 Å². The number of carboxylic acid groups (broad SMARTS) is 1. The molecule has 130 valence electrons. The predicted octanol–water partition coefficient (Wildman–Crippen LogP) is 2.82. The lowest BCUT2D eigenvalue weighted by Crippen LogP contribution is -2.46. The third-order valence-corrected chi connectivity index (χ3v) is 4.80. The summed E-state index contributed by atoms with van der Waals surface area (Å²) in [5.74, 6) is -0.760. The van der Waals surface area contributed by atoms with Crippen LogP contribution in [0.5, 0.6) is 0 Å². The van der Waals surface area contributed by atoms with Crippen LogP contribution in [-0.4, -0.2) is 53.2 Å². The Morgan fingerprint density at radius 2 is 2.08 bits per heavy atom. The summed E-state index contributed by atoms with van der Waals surface area (Å²) in [6.45, 7) is 8.68. The highest BCUT2D eigenvalue weighted by atomic mass is 16.4. The van der Waals surface area contributed by atoms with Gasteiger partial charge in [0.05, 0.1) is 6.54 Å². The van der Waals surface area contributed by atoms with Gasteiger partial charge in [-0.25, -0.2) is 0 Å². The molecule has 1 fully saturated rings. The first-order chi connectivity index (χ1) is 11.5. The number of hydrogen-bond acceptors (Lipinski definition) is 5. The molecule has 2 heterocycles. The highest BCUT2D eigenvalue weighted by molar-refractivity contribution is 5.78. The molecule has 0 bridgehead atoms. The summed E-state index contributed by atoms with van der Waals surface area (Å²) in [4.78, 5) is 19.8. The van der Waals surface area contributed by atoms with E-state index in [2.05, 4.69) is 22.9 Å². The lowest BCUT2D eigenvalue weighted by Gasteiger charge is -2.36. The van der Waals surface area contributed by atoms with Crippen molar-refractivity contribution in [1.29, 1.82) is 0 Å². The summed E-state index contributed by atoms with van der Waals surface area (Å²) in [6, 6.07) is 5.15. The highest BCUT2D eigenvalue weighted by Crippen LogP contribution is 2.28. The van der Waals surface area contributed by atoms with E-state index in [9.17, 15) is 4.79 Å². The van der Waals surface area contributed by atoms with E-state index in [1.54, 1.807) is 0 Å². The van der Waals surface area contributed by atoms with Crippen molar-refractivity contribution >= 4 is 23.1 Å². The van der Waals surface area contributed by atoms with Crippen molar-refractivity contribution in [2.45, 2.75) is 39.7 Å². The Bertz CT molecular complexity index is 732. The number of hydrogen-bond donors (Lipinski definition) is 1. The van der Waals surface area contributed by atoms with Crippen molar-refractivity contribution in [3.63, 3.8) is 0 Å². The van der Waals surface area contributed by atoms with Crippen LogP contribution in [0, 0.1) is 13.8 Å². The second-order valence-corrected chi connectivity index (χ2v) is 6.60. The van der Waals surface area contributed by atoms with Gasteiger partial charge < -0.3 is 14.4 Å². The maximum absolute atomic E-state index is 11.0. The number of likely N-dealkylation sites (N-methyl/N-ethyl adjacent to an activating group) is 1. The van der Waals surface area contributed by atoms with Crippen LogP contribution in [0.15, 0.2) is 16.5 Å². The van der Waals surface area contributed by atoms with Crippen LogP contribution >= 0.6 is 0 Å². The molecule has 6 heteroatoms. The van der Waals surface area contributed by atoms with Crippen LogP contribution < -0.4 is 4.90 Å². The summed E-state index contributed by atoms with van der Waals surface area (Å²) in [7, 11) is 0. The molecule has 24 heavy (non-hydrogen) atoms. The number of anilines is 1. The molecule has 0 radical (unpaired) electrons. The second-order valence-electron chi connectivity index (χ2n) is 6.60. The van der Waals surface area contributed by atoms with Crippen LogP contribution in [0.25, 0.3) is 11.1 Å². The molecule has 0 atom stereocenters. The van der Waals surface area contributed by atoms with Gasteiger partial charge in [-0.15, -0.1) is 0 Å². The summed E-state index contributed by atoms with van der Waals surface area (Å²) < 4.78 is 5.99. The fourth-order valence-electron chi connectivity index (χ4n) is 3.60. The molecule has 1 N–H and O–H groups in total. The molecule has 0 aliphatic carbocycles. The predicted molar refractivity (Wildman–Crippen MR) is 93.6 cm³/mol. The summed E-state index contributed by atoms with van der Waals surface area (Å²) in [5, 5.41) is 9.03. The van der Waals surface area contributed by atoms with E-state index in [0.717, 1.165) is 49.1 Å². The quantitative estimate of drug-likeness (QED) is 0.908. The number of benzene rings is 1. The van der Waals surface area contributed by atoms with Gasteiger partial charge in [0.1, 0.15) is 5.52 Å². The van der Waals surface area contributed by atoms with Gasteiger partial charge in [0.15, 0.2) is 5.58 Å². The number of rotatable bonds is 5. The molecule has 1 aromatic carbocycles. The van der Waals surface area contributed by atoms with Crippen molar-refractivity contribution in [3.8, 4) is 0 Å². The SMILES string of the molecule is CCN(CC(=O)O)C1CCN(c2nc3cc(C)cc(C)c3o2)CC1. The molecule has 0 spiro atoms. The van der Waals surface area contributed by atoms with Gasteiger partial charge in [0.2, 0.25) is 0 Å². The standard InChI is InChI=1S/C18H25N3O3/c1-4-20(11-16(22)23)14-5-7-21(8-6-14)18-19-15-10-12(2)9-13(3)17(15)24-18/h9-10,14H,4-8,11H2,1-3H3,(H,22,23). The zero-order valence-corrected chi connectivity index (χ0v) is 14.6. The molecular weight excluding hydrogens is 306 g/mol. The number of aromatic nitrogens is 1. The van der Waals surface area contributed by atoms with E-state index < -0.39 is 5.97 Å². The minimum Gasteiger partial charge on any atom is -0.480 e. The molecule has 3 rings (SSSR count). The summed E-state index contributed by atoms with van der Waals surface area (Å²) >= 11 is 0. The van der Waals surface area contributed by atoms with E-state index in [1.165, 1.54) is 5.56 Å². The number of fused-ring (bicyclic) bond motifs is 1. The van der Waals surface area contributed by atoms with E-state index in [0.29, 0.717) is 12.1 Å². The zero-order chi connectivity index (χ0) is 17.3. The van der Waals surface area contributed by atoms with Gasteiger partial charge in [0, 0.05) is 19.1 Å². The van der Waals surface area contributed by atoms with Crippen molar-refractivity contribution in [2.24, 2.45) is 0 Å². The van der Waals surface area contributed by atoms with Gasteiger partial charge in [-0.2, -0.15) is 4.98 Å². The Morgan fingerprint density at radius 1 is 1.38 bits per heavy atom. The second kappa shape index (κ2) is 6.81. The van der Waals surface area contributed by atoms with E-state index in [-0.39, 0.29) is 6.54 Å². The first-order valence-electron chi connectivity index (χ1n) is 8.56. The highest BCUT2D eigenvalue weighted by Gasteiger charge is 2.27. The lowest BCUT2D eigenvalue weighted by molar-refractivity contribution is -0.139. The van der Waals surface area contributed by atoms with Gasteiger partial charge in [-0.05, 0) is 50.4 Å². The van der Waals surface area contributed by atoms with Crippen LogP contribution in [0.2, 0.25) is 0 Å². The molecule has 1 aromatic heterocycles. The van der Waals surface area contributed by atoms with Crippen molar-refractivity contribution in [1.82, 2.24) is 9.88 Å². The third kappa shape index (κ3) is 3.38. The number of carbonyl (C=O) groups is 1. The molecular formula is C18H25N3O3. The Balaban J connectivity index is 1.70. The van der Waals surface area contributed by atoms with Gasteiger partial charge in [-0.3, -0.25) is 9.69 Å². The Hall–Kier alpha value is -2.08. The topological polar surface area (TPSA) is 69.8 Å². The normalized spacial score (nSPS) is 16.2. The van der Waals surface area contributed by atoms with Crippen molar-refractivity contribution in [3.05, 3.63) is 23.3 Å².